The summed E-state index contributed by atoms with van der Waals surface area (Å²) >= 11 is 0. The fourth-order valence-corrected chi connectivity index (χ4v) is 2.56. The van der Waals surface area contributed by atoms with Gasteiger partial charge in [0.1, 0.15) is 0 Å². The lowest BCUT2D eigenvalue weighted by molar-refractivity contribution is 0.619. The zero-order valence-corrected chi connectivity index (χ0v) is 13.5. The summed E-state index contributed by atoms with van der Waals surface area (Å²) in [5.41, 5.74) is 8.48. The molecule has 0 saturated heterocycles. The van der Waals surface area contributed by atoms with E-state index in [1.165, 1.54) is 0 Å². The molecule has 2 aromatic heterocycles. The Balaban J connectivity index is 1.87. The van der Waals surface area contributed by atoms with Gasteiger partial charge in [0, 0.05) is 24.2 Å². The molecule has 25 heavy (non-hydrogen) atoms. The van der Waals surface area contributed by atoms with E-state index in [0.717, 1.165) is 11.1 Å². The summed E-state index contributed by atoms with van der Waals surface area (Å²) in [6.45, 7) is 1.08. The van der Waals surface area contributed by atoms with Gasteiger partial charge in [0.25, 0.3) is 0 Å². The van der Waals surface area contributed by atoms with Crippen molar-refractivity contribution in [3.63, 3.8) is 0 Å². The van der Waals surface area contributed by atoms with E-state index < -0.39 is 0 Å². The van der Waals surface area contributed by atoms with Gasteiger partial charge in [-0.1, -0.05) is 48.5 Å². The summed E-state index contributed by atoms with van der Waals surface area (Å²) < 4.78 is 5.93. The quantitative estimate of drug-likeness (QED) is 0.583. The fraction of sp³-hybridized carbons (Fsp3) is 0.105. The number of hydrogen-bond donors (Lipinski definition) is 2. The lowest BCUT2D eigenvalue weighted by atomic mass is 10.2. The average molecular weight is 331 g/mol. The van der Waals surface area contributed by atoms with Gasteiger partial charge in [-0.25, -0.2) is 9.97 Å². The first-order valence-corrected chi connectivity index (χ1v) is 8.08. The maximum absolute atomic E-state index is 5.93. The Labute approximate surface area is 144 Å². The van der Waals surface area contributed by atoms with Crippen LogP contribution in [-0.2, 0) is 0 Å². The Morgan fingerprint density at radius 3 is 2.20 bits per heavy atom. The lowest BCUT2D eigenvalue weighted by Gasteiger charge is -2.06. The largest absolute Gasteiger partial charge is 0.430 e. The van der Waals surface area contributed by atoms with Crippen molar-refractivity contribution in [3.8, 4) is 22.8 Å². The number of nitrogens with zero attached hydrogens (tertiary/aromatic N) is 3. The molecule has 0 saturated carbocycles. The van der Waals surface area contributed by atoms with Gasteiger partial charge in [-0.2, -0.15) is 4.98 Å². The van der Waals surface area contributed by atoms with Crippen LogP contribution in [0.3, 0.4) is 0 Å². The second kappa shape index (κ2) is 6.70. The van der Waals surface area contributed by atoms with Gasteiger partial charge in [0.15, 0.2) is 11.6 Å². The predicted octanol–water partition coefficient (Wildman–Crippen LogP) is 3.32. The molecular weight excluding hydrogens is 314 g/mol. The summed E-state index contributed by atoms with van der Waals surface area (Å²) in [7, 11) is 0. The highest BCUT2D eigenvalue weighted by atomic mass is 16.3. The minimum Gasteiger partial charge on any atom is -0.430 e. The van der Waals surface area contributed by atoms with E-state index >= 15 is 0 Å². The Bertz CT molecular complexity index is 983. The van der Waals surface area contributed by atoms with Crippen LogP contribution in [0.5, 0.6) is 0 Å². The summed E-state index contributed by atoms with van der Waals surface area (Å²) in [5.74, 6) is 1.72. The van der Waals surface area contributed by atoms with Crippen molar-refractivity contribution in [3.05, 3.63) is 60.7 Å². The molecule has 4 aromatic rings. The van der Waals surface area contributed by atoms with Crippen molar-refractivity contribution in [1.29, 1.82) is 0 Å². The normalized spacial score (nSPS) is 10.9. The summed E-state index contributed by atoms with van der Waals surface area (Å²) in [4.78, 5) is 13.7. The number of nitrogens with two attached hydrogens (primary N) is 1. The second-order valence-corrected chi connectivity index (χ2v) is 5.52. The molecule has 0 amide bonds. The third-order valence-corrected chi connectivity index (χ3v) is 3.74. The number of oxazole rings is 1. The highest BCUT2D eigenvalue weighted by Gasteiger charge is 2.16. The van der Waals surface area contributed by atoms with E-state index in [9.17, 15) is 0 Å². The van der Waals surface area contributed by atoms with Crippen molar-refractivity contribution in [2.24, 2.45) is 5.73 Å². The molecule has 0 aliphatic heterocycles. The zero-order valence-electron chi connectivity index (χ0n) is 13.5. The van der Waals surface area contributed by atoms with Gasteiger partial charge in [0.05, 0.1) is 0 Å². The van der Waals surface area contributed by atoms with Crippen LogP contribution < -0.4 is 11.1 Å². The third kappa shape index (κ3) is 3.07. The van der Waals surface area contributed by atoms with Crippen LogP contribution in [0, 0.1) is 0 Å². The molecule has 0 unspecified atom stereocenters. The van der Waals surface area contributed by atoms with Crippen LogP contribution in [0.4, 0.5) is 5.82 Å². The molecular formula is C19H17N5O. The monoisotopic (exact) mass is 331 g/mol. The molecule has 3 N–H and O–H groups in total. The standard InChI is InChI=1S/C19H17N5O/c20-11-12-21-17-15-18(23-16(22-17)13-7-3-1-4-8-13)24-19(25-15)14-9-5-2-6-10-14/h1-10H,11-12,20H2,(H,21,22,23). The topological polar surface area (TPSA) is 89.9 Å². The van der Waals surface area contributed by atoms with Crippen LogP contribution in [0.25, 0.3) is 34.1 Å². The van der Waals surface area contributed by atoms with E-state index in [1.807, 2.05) is 60.7 Å². The van der Waals surface area contributed by atoms with Crippen molar-refractivity contribution in [1.82, 2.24) is 15.0 Å². The second-order valence-electron chi connectivity index (χ2n) is 5.52. The SMILES string of the molecule is NCCNc1nc(-c2ccccc2)nc2nc(-c3ccccc3)oc12. The molecule has 6 heteroatoms. The molecule has 2 heterocycles. The first-order valence-electron chi connectivity index (χ1n) is 8.08. The van der Waals surface area contributed by atoms with E-state index in [1.54, 1.807) is 0 Å². The number of fused-ring (bicyclic) bond motifs is 1. The maximum Gasteiger partial charge on any atom is 0.229 e. The molecule has 4 rings (SSSR count). The lowest BCUT2D eigenvalue weighted by Crippen LogP contribution is -2.14. The number of rotatable bonds is 5. The third-order valence-electron chi connectivity index (χ3n) is 3.74. The van der Waals surface area contributed by atoms with Gasteiger partial charge in [0.2, 0.25) is 17.1 Å². The Hall–Kier alpha value is -3.25. The van der Waals surface area contributed by atoms with Gasteiger partial charge >= 0.3 is 0 Å². The summed E-state index contributed by atoms with van der Waals surface area (Å²) in [6.07, 6.45) is 0. The van der Waals surface area contributed by atoms with Gasteiger partial charge in [-0.15, -0.1) is 0 Å². The van der Waals surface area contributed by atoms with E-state index in [4.69, 9.17) is 10.2 Å². The molecule has 0 aliphatic carbocycles. The molecule has 0 atom stereocenters. The minimum atomic E-state index is 0.492. The van der Waals surface area contributed by atoms with E-state index in [2.05, 4.69) is 20.3 Å². The molecule has 2 aromatic carbocycles. The molecule has 0 spiro atoms. The molecule has 6 nitrogen and oxygen atoms in total. The average Bonchev–Trinajstić information content (AvgIpc) is 3.12. The zero-order chi connectivity index (χ0) is 17.1. The predicted molar refractivity (Wildman–Crippen MR) is 98.0 cm³/mol. The molecule has 0 radical (unpaired) electrons. The Morgan fingerprint density at radius 2 is 1.52 bits per heavy atom. The summed E-state index contributed by atoms with van der Waals surface area (Å²) in [6, 6.07) is 19.5. The van der Waals surface area contributed by atoms with Crippen molar-refractivity contribution in [2.75, 3.05) is 18.4 Å². The van der Waals surface area contributed by atoms with Gasteiger partial charge in [-0.3, -0.25) is 0 Å². The highest BCUT2D eigenvalue weighted by Crippen LogP contribution is 2.29. The van der Waals surface area contributed by atoms with Gasteiger partial charge in [-0.05, 0) is 12.1 Å². The molecule has 0 bridgehead atoms. The van der Waals surface area contributed by atoms with Crippen LogP contribution in [0.1, 0.15) is 0 Å². The Morgan fingerprint density at radius 1 is 0.840 bits per heavy atom. The van der Waals surface area contributed by atoms with Crippen molar-refractivity contribution >= 4 is 17.0 Å². The number of hydrogen-bond acceptors (Lipinski definition) is 6. The summed E-state index contributed by atoms with van der Waals surface area (Å²) in [5, 5.41) is 3.20. The first-order chi connectivity index (χ1) is 12.3. The Kier molecular flexibility index (Phi) is 4.10. The molecule has 0 aliphatic rings. The minimum absolute atomic E-state index is 0.492. The smallest absolute Gasteiger partial charge is 0.229 e. The molecule has 0 fully saturated rings. The maximum atomic E-state index is 5.93. The fourth-order valence-electron chi connectivity index (χ4n) is 2.56. The number of benzene rings is 2. The van der Waals surface area contributed by atoms with Crippen LogP contribution in [0.2, 0.25) is 0 Å². The van der Waals surface area contributed by atoms with Gasteiger partial charge < -0.3 is 15.5 Å². The highest BCUT2D eigenvalue weighted by molar-refractivity contribution is 5.84. The number of nitrogens with one attached hydrogen (secondary N) is 1. The number of aromatic nitrogens is 3. The molecule has 124 valence electrons. The van der Waals surface area contributed by atoms with E-state index in [-0.39, 0.29) is 0 Å². The van der Waals surface area contributed by atoms with Crippen molar-refractivity contribution in [2.45, 2.75) is 0 Å². The van der Waals surface area contributed by atoms with Crippen molar-refractivity contribution < 1.29 is 4.42 Å². The number of anilines is 1. The van der Waals surface area contributed by atoms with E-state index in [0.29, 0.717) is 41.9 Å². The van der Waals surface area contributed by atoms with Crippen LogP contribution in [0.15, 0.2) is 65.1 Å². The van der Waals surface area contributed by atoms with Crippen LogP contribution >= 0.6 is 0 Å². The van der Waals surface area contributed by atoms with Crippen LogP contribution in [-0.4, -0.2) is 28.0 Å². The first kappa shape index (κ1) is 15.3.